The molecule has 0 saturated carbocycles. The Bertz CT molecular complexity index is 1380. The Morgan fingerprint density at radius 2 is 1.48 bits per heavy atom. The Kier molecular flexibility index (Phi) is 14.3. The van der Waals surface area contributed by atoms with Gasteiger partial charge in [0.05, 0.1) is 6.61 Å². The van der Waals surface area contributed by atoms with Gasteiger partial charge in [-0.3, -0.25) is 19.6 Å². The number of aromatic nitrogens is 1. The minimum Gasteiger partial charge on any atom is -0.493 e. The third-order valence-corrected chi connectivity index (χ3v) is 11.1. The number of nitrogens with two attached hydrogens (primary N) is 1. The van der Waals surface area contributed by atoms with Crippen molar-refractivity contribution >= 4 is 5.91 Å². The average molecular weight is 682 g/mol. The van der Waals surface area contributed by atoms with Gasteiger partial charge >= 0.3 is 0 Å². The van der Waals surface area contributed by atoms with Crippen LogP contribution in [0.3, 0.4) is 0 Å². The molecule has 7 nitrogen and oxygen atoms in total. The fourth-order valence-electron chi connectivity index (χ4n) is 8.52. The van der Waals surface area contributed by atoms with E-state index in [9.17, 15) is 4.79 Å². The zero-order valence-electron chi connectivity index (χ0n) is 31.3. The highest BCUT2D eigenvalue weighted by molar-refractivity contribution is 5.91. The highest BCUT2D eigenvalue weighted by atomic mass is 16.5. The summed E-state index contributed by atoms with van der Waals surface area (Å²) >= 11 is 0. The van der Waals surface area contributed by atoms with E-state index in [1.165, 1.54) is 57.1 Å². The van der Waals surface area contributed by atoms with Gasteiger partial charge < -0.3 is 15.4 Å². The summed E-state index contributed by atoms with van der Waals surface area (Å²) in [5.41, 5.74) is 8.73. The van der Waals surface area contributed by atoms with Gasteiger partial charge in [0, 0.05) is 43.1 Å². The molecule has 0 unspecified atom stereocenters. The molecule has 0 radical (unpaired) electrons. The molecule has 3 aromatic rings. The second-order valence-electron chi connectivity index (χ2n) is 15.5. The van der Waals surface area contributed by atoms with Gasteiger partial charge in [-0.1, -0.05) is 93.8 Å². The molecule has 7 heteroatoms. The number of benzene rings is 2. The Labute approximate surface area is 302 Å². The number of primary amides is 1. The number of unbranched alkanes of at least 4 members (excludes halogenated alkanes) is 4. The lowest BCUT2D eigenvalue weighted by Crippen LogP contribution is -2.49. The third kappa shape index (κ3) is 9.74. The van der Waals surface area contributed by atoms with Crippen molar-refractivity contribution in [2.75, 3.05) is 45.9 Å². The number of carbonyl (C=O) groups is 1. The number of likely N-dealkylation sites (tertiary alicyclic amines) is 2. The van der Waals surface area contributed by atoms with E-state index in [0.717, 1.165) is 69.2 Å². The van der Waals surface area contributed by atoms with Gasteiger partial charge in [-0.05, 0) is 108 Å². The molecular weight excluding hydrogens is 619 g/mol. The molecule has 0 spiro atoms. The van der Waals surface area contributed by atoms with Crippen LogP contribution in [-0.2, 0) is 16.8 Å². The predicted octanol–water partition coefficient (Wildman–Crippen LogP) is 7.54. The van der Waals surface area contributed by atoms with Crippen molar-refractivity contribution in [3.63, 3.8) is 0 Å². The Morgan fingerprint density at radius 1 is 0.860 bits per heavy atom. The number of carbonyl (C=O) groups excluding carboxylic acids is 1. The molecule has 2 fully saturated rings. The summed E-state index contributed by atoms with van der Waals surface area (Å²) in [5, 5.41) is 0. The summed E-state index contributed by atoms with van der Waals surface area (Å²) in [7, 11) is 0. The molecule has 3 heterocycles. The average Bonchev–Trinajstić information content (AvgIpc) is 3.59. The fraction of sp³-hybridized carbons (Fsp3) is 0.581. The monoisotopic (exact) mass is 681 g/mol. The van der Waals surface area contributed by atoms with Gasteiger partial charge in [0.1, 0.15) is 11.2 Å². The van der Waals surface area contributed by atoms with E-state index in [-0.39, 0.29) is 11.8 Å². The van der Waals surface area contributed by atoms with Gasteiger partial charge in [-0.25, -0.2) is 0 Å². The molecular formula is C43H63N5O2. The highest BCUT2D eigenvalue weighted by Gasteiger charge is 2.49. The Balaban J connectivity index is 1.02. The van der Waals surface area contributed by atoms with E-state index in [0.29, 0.717) is 18.0 Å². The van der Waals surface area contributed by atoms with Crippen LogP contribution in [0.2, 0.25) is 0 Å². The topological polar surface area (TPSA) is 74.9 Å². The maximum absolute atomic E-state index is 13.4. The minimum absolute atomic E-state index is 0.162. The number of ether oxygens (including phenoxy) is 1. The van der Waals surface area contributed by atoms with Crippen molar-refractivity contribution in [3.05, 3.63) is 95.8 Å². The van der Waals surface area contributed by atoms with Crippen LogP contribution >= 0.6 is 0 Å². The molecule has 2 N–H and O–H groups in total. The summed E-state index contributed by atoms with van der Waals surface area (Å²) in [6.45, 7) is 17.2. The number of piperidine rings is 1. The largest absolute Gasteiger partial charge is 0.493 e. The molecule has 0 aliphatic carbocycles. The normalized spacial score (nSPS) is 18.0. The number of hydrogen-bond acceptors (Lipinski definition) is 6. The molecule has 1 amide bonds. The molecule has 2 aliphatic rings. The number of hydrogen-bond donors (Lipinski definition) is 1. The van der Waals surface area contributed by atoms with E-state index in [1.54, 1.807) is 0 Å². The van der Waals surface area contributed by atoms with Crippen LogP contribution in [0, 0.1) is 11.8 Å². The lowest BCUT2D eigenvalue weighted by Gasteiger charge is -2.40. The zero-order valence-corrected chi connectivity index (χ0v) is 31.3. The SMILES string of the molecule is CC(C)COc1ccncc1CN1CCC(N(CCCCCCCN2CC[C@@H](C(C(N)=O)(c3ccccc3)c3ccccc3)C2)C(C)C)CC1. The van der Waals surface area contributed by atoms with Crippen molar-refractivity contribution in [3.8, 4) is 5.75 Å². The number of pyridine rings is 1. The van der Waals surface area contributed by atoms with E-state index >= 15 is 0 Å². The molecule has 2 saturated heterocycles. The van der Waals surface area contributed by atoms with Crippen LogP contribution in [0.15, 0.2) is 79.1 Å². The van der Waals surface area contributed by atoms with Crippen molar-refractivity contribution in [2.45, 2.75) is 103 Å². The van der Waals surface area contributed by atoms with Crippen LogP contribution in [0.1, 0.15) is 95.8 Å². The van der Waals surface area contributed by atoms with Gasteiger partial charge in [0.25, 0.3) is 0 Å². The summed E-state index contributed by atoms with van der Waals surface area (Å²) in [6.07, 6.45) is 13.6. The summed E-state index contributed by atoms with van der Waals surface area (Å²) in [6, 6.07) is 23.7. The van der Waals surface area contributed by atoms with Crippen molar-refractivity contribution in [2.24, 2.45) is 17.6 Å². The molecule has 2 aliphatic heterocycles. The first-order valence-corrected chi connectivity index (χ1v) is 19.5. The number of amides is 1. The smallest absolute Gasteiger partial charge is 0.232 e. The van der Waals surface area contributed by atoms with Crippen LogP contribution < -0.4 is 10.5 Å². The number of rotatable bonds is 19. The van der Waals surface area contributed by atoms with Gasteiger partial charge in [-0.2, -0.15) is 0 Å². The maximum Gasteiger partial charge on any atom is 0.232 e. The van der Waals surface area contributed by atoms with E-state index in [4.69, 9.17) is 10.5 Å². The Morgan fingerprint density at radius 3 is 2.10 bits per heavy atom. The van der Waals surface area contributed by atoms with E-state index in [1.807, 2.05) is 54.9 Å². The first-order chi connectivity index (χ1) is 24.3. The molecule has 272 valence electrons. The number of nitrogens with zero attached hydrogens (tertiary/aromatic N) is 4. The first-order valence-electron chi connectivity index (χ1n) is 19.5. The fourth-order valence-corrected chi connectivity index (χ4v) is 8.52. The van der Waals surface area contributed by atoms with Gasteiger partial charge in [0.2, 0.25) is 5.91 Å². The second-order valence-corrected chi connectivity index (χ2v) is 15.5. The molecule has 50 heavy (non-hydrogen) atoms. The quantitative estimate of drug-likeness (QED) is 0.132. The predicted molar refractivity (Wildman–Crippen MR) is 205 cm³/mol. The first kappa shape index (κ1) is 38.0. The van der Waals surface area contributed by atoms with Crippen LogP contribution in [-0.4, -0.2) is 83.5 Å². The molecule has 0 bridgehead atoms. The molecule has 1 aromatic heterocycles. The van der Waals surface area contributed by atoms with Crippen LogP contribution in [0.25, 0.3) is 0 Å². The summed E-state index contributed by atoms with van der Waals surface area (Å²) < 4.78 is 6.10. The molecule has 1 atom stereocenters. The standard InChI is InChI=1S/C43H63N5O2/c1-34(2)33-50-41-20-24-45-30-36(41)31-47-28-22-40(23-29-47)48(35(3)4)26-15-7-5-6-14-25-46-27-21-39(32-46)43(42(44)49,37-16-10-8-11-17-37)38-18-12-9-13-19-38/h8-13,16-20,24,30,34-35,39-40H,5-7,14-15,21-23,25-29,31-33H2,1-4H3,(H2,44,49)/t39-/m1/s1. The lowest BCUT2D eigenvalue weighted by molar-refractivity contribution is -0.123. The third-order valence-electron chi connectivity index (χ3n) is 11.1. The van der Waals surface area contributed by atoms with E-state index < -0.39 is 5.41 Å². The maximum atomic E-state index is 13.4. The van der Waals surface area contributed by atoms with E-state index in [2.05, 4.69) is 71.6 Å². The molecule has 2 aromatic carbocycles. The summed E-state index contributed by atoms with van der Waals surface area (Å²) in [5.74, 6) is 1.42. The van der Waals surface area contributed by atoms with Gasteiger partial charge in [-0.15, -0.1) is 0 Å². The summed E-state index contributed by atoms with van der Waals surface area (Å²) in [4.78, 5) is 25.7. The second kappa shape index (κ2) is 18.8. The Hall–Kier alpha value is -3.26. The van der Waals surface area contributed by atoms with Crippen molar-refractivity contribution in [1.29, 1.82) is 0 Å². The van der Waals surface area contributed by atoms with Crippen LogP contribution in [0.4, 0.5) is 0 Å². The van der Waals surface area contributed by atoms with Crippen molar-refractivity contribution < 1.29 is 9.53 Å². The van der Waals surface area contributed by atoms with Crippen molar-refractivity contribution in [1.82, 2.24) is 19.7 Å². The highest BCUT2D eigenvalue weighted by Crippen LogP contribution is 2.43. The molecule has 5 rings (SSSR count). The van der Waals surface area contributed by atoms with Crippen LogP contribution in [0.5, 0.6) is 5.75 Å². The zero-order chi connectivity index (χ0) is 35.3. The van der Waals surface area contributed by atoms with Gasteiger partial charge in [0.15, 0.2) is 0 Å². The lowest BCUT2D eigenvalue weighted by atomic mass is 9.64. The minimum atomic E-state index is -0.804.